The number of thiocarbonyl (C=S) groups is 1. The van der Waals surface area contributed by atoms with Crippen LogP contribution in [0.3, 0.4) is 0 Å². The van der Waals surface area contributed by atoms with E-state index in [1.807, 2.05) is 29.2 Å². The van der Waals surface area contributed by atoms with Crippen LogP contribution < -0.4 is 10.6 Å². The summed E-state index contributed by atoms with van der Waals surface area (Å²) in [6.07, 6.45) is 6.62. The molecule has 0 spiro atoms. The minimum absolute atomic E-state index is 0.724. The van der Waals surface area contributed by atoms with Crippen LogP contribution in [0.4, 0.5) is 17.1 Å². The van der Waals surface area contributed by atoms with Gasteiger partial charge in [0.1, 0.15) is 0 Å². The van der Waals surface area contributed by atoms with Crippen LogP contribution in [0.5, 0.6) is 0 Å². The van der Waals surface area contributed by atoms with Crippen molar-refractivity contribution in [3.8, 4) is 0 Å². The third-order valence-corrected chi connectivity index (χ3v) is 3.80. The normalized spacial score (nSPS) is 12.8. The van der Waals surface area contributed by atoms with Crippen molar-refractivity contribution >= 4 is 40.8 Å². The Kier molecular flexibility index (Phi) is 3.52. The van der Waals surface area contributed by atoms with Crippen LogP contribution in [0.15, 0.2) is 48.5 Å². The molecule has 0 saturated heterocycles. The lowest BCUT2D eigenvalue weighted by molar-refractivity contribution is 0.985. The van der Waals surface area contributed by atoms with Crippen molar-refractivity contribution in [2.24, 2.45) is 0 Å². The molecule has 2 nitrogen and oxygen atoms in total. The van der Waals surface area contributed by atoms with Gasteiger partial charge in [-0.25, -0.2) is 0 Å². The summed E-state index contributed by atoms with van der Waals surface area (Å²) in [5.41, 5.74) is 13.0. The lowest BCUT2D eigenvalue weighted by Gasteiger charge is -2.22. The van der Waals surface area contributed by atoms with E-state index in [-0.39, 0.29) is 0 Å². The molecule has 0 bridgehead atoms. The maximum atomic E-state index is 6.05. The average Bonchev–Trinajstić information content (AvgIpc) is 2.50. The van der Waals surface area contributed by atoms with Crippen LogP contribution in [-0.2, 0) is 6.42 Å². The summed E-state index contributed by atoms with van der Waals surface area (Å²) < 4.78 is 0. The first-order valence-corrected chi connectivity index (χ1v) is 7.15. The highest BCUT2D eigenvalue weighted by atomic mass is 32.1. The van der Waals surface area contributed by atoms with Crippen LogP contribution in [0.1, 0.15) is 17.5 Å². The number of hydrogen-bond donors (Lipinski definition) is 1. The smallest absolute Gasteiger partial charge is 0.0732 e. The van der Waals surface area contributed by atoms with Gasteiger partial charge < -0.3 is 10.6 Å². The summed E-state index contributed by atoms with van der Waals surface area (Å²) in [7, 11) is 0. The van der Waals surface area contributed by atoms with Gasteiger partial charge in [-0.1, -0.05) is 42.6 Å². The highest BCUT2D eigenvalue weighted by Gasteiger charge is 2.12. The zero-order valence-corrected chi connectivity index (χ0v) is 11.9. The number of aryl methyl sites for hydroxylation is 1. The summed E-state index contributed by atoms with van der Waals surface area (Å²) >= 11 is 5.18. The second-order valence-electron chi connectivity index (χ2n) is 4.86. The van der Waals surface area contributed by atoms with E-state index in [0.29, 0.717) is 0 Å². The second kappa shape index (κ2) is 5.47. The fraction of sp³-hybridized carbons (Fsp3) is 0.118. The monoisotopic (exact) mass is 280 g/mol. The molecule has 0 aliphatic heterocycles. The largest absolute Gasteiger partial charge is 0.397 e. The Balaban J connectivity index is 2.05. The molecule has 2 aromatic carbocycles. The van der Waals surface area contributed by atoms with E-state index in [4.69, 9.17) is 18.0 Å². The van der Waals surface area contributed by atoms with E-state index in [1.165, 1.54) is 11.1 Å². The predicted molar refractivity (Wildman–Crippen MR) is 90.4 cm³/mol. The molecule has 0 heterocycles. The molecule has 2 N–H and O–H groups in total. The first-order valence-electron chi connectivity index (χ1n) is 6.68. The number of fused-ring (bicyclic) bond motifs is 1. The zero-order valence-electron chi connectivity index (χ0n) is 11.1. The minimum Gasteiger partial charge on any atom is -0.397 e. The quantitative estimate of drug-likeness (QED) is 0.670. The Morgan fingerprint density at radius 2 is 2.00 bits per heavy atom. The number of nitrogens with zero attached hydrogens (tertiary/aromatic N) is 1. The van der Waals surface area contributed by atoms with E-state index in [9.17, 15) is 0 Å². The average molecular weight is 280 g/mol. The van der Waals surface area contributed by atoms with Crippen LogP contribution >= 0.6 is 12.2 Å². The number of para-hydroxylation sites is 2. The van der Waals surface area contributed by atoms with Crippen LogP contribution in [0, 0.1) is 0 Å². The highest BCUT2D eigenvalue weighted by Crippen LogP contribution is 2.31. The highest BCUT2D eigenvalue weighted by molar-refractivity contribution is 7.79. The summed E-state index contributed by atoms with van der Waals surface area (Å²) in [4.78, 5) is 1.95. The number of hydrogen-bond acceptors (Lipinski definition) is 2. The molecule has 0 radical (unpaired) electrons. The third kappa shape index (κ3) is 2.32. The molecule has 1 aliphatic carbocycles. The molecule has 0 atom stereocenters. The summed E-state index contributed by atoms with van der Waals surface area (Å²) in [6, 6.07) is 14.2. The number of benzene rings is 2. The molecular weight excluding hydrogens is 264 g/mol. The van der Waals surface area contributed by atoms with Gasteiger partial charge in [-0.05, 0) is 48.2 Å². The Labute approximate surface area is 124 Å². The van der Waals surface area contributed by atoms with E-state index in [1.54, 1.807) is 5.49 Å². The molecule has 0 unspecified atom stereocenters. The molecule has 2 aromatic rings. The number of allylic oxidation sites excluding steroid dienone is 1. The number of nitrogen functional groups attached to an aromatic ring is 1. The Bertz CT molecular complexity index is 676. The summed E-state index contributed by atoms with van der Waals surface area (Å²) in [5, 5.41) is 0. The maximum Gasteiger partial charge on any atom is 0.0732 e. The van der Waals surface area contributed by atoms with Crippen molar-refractivity contribution in [2.75, 3.05) is 10.6 Å². The third-order valence-electron chi connectivity index (χ3n) is 3.59. The van der Waals surface area contributed by atoms with E-state index < -0.39 is 0 Å². The van der Waals surface area contributed by atoms with Crippen molar-refractivity contribution in [3.05, 3.63) is 59.7 Å². The van der Waals surface area contributed by atoms with Gasteiger partial charge in [0.25, 0.3) is 0 Å². The van der Waals surface area contributed by atoms with Crippen LogP contribution in [0.25, 0.3) is 6.08 Å². The Hall–Kier alpha value is -2.13. The predicted octanol–water partition coefficient (Wildman–Crippen LogP) is 4.32. The fourth-order valence-corrected chi connectivity index (χ4v) is 2.76. The molecular formula is C17H16N2S. The molecule has 3 rings (SSSR count). The van der Waals surface area contributed by atoms with Gasteiger partial charge in [0.15, 0.2) is 0 Å². The van der Waals surface area contributed by atoms with Gasteiger partial charge in [0.2, 0.25) is 0 Å². The molecule has 1 aliphatic rings. The fourth-order valence-electron chi connectivity index (χ4n) is 2.53. The lowest BCUT2D eigenvalue weighted by atomic mass is 9.97. The van der Waals surface area contributed by atoms with Gasteiger partial charge in [-0.3, -0.25) is 0 Å². The molecule has 0 aromatic heterocycles. The van der Waals surface area contributed by atoms with Gasteiger partial charge >= 0.3 is 0 Å². The van der Waals surface area contributed by atoms with Crippen LogP contribution in [-0.4, -0.2) is 5.49 Å². The SMILES string of the molecule is Nc1ccccc1N(C=S)c1ccc2c(c1)C=CCC2. The van der Waals surface area contributed by atoms with Crippen molar-refractivity contribution in [3.63, 3.8) is 0 Å². The minimum atomic E-state index is 0.724. The molecule has 20 heavy (non-hydrogen) atoms. The van der Waals surface area contributed by atoms with E-state index >= 15 is 0 Å². The van der Waals surface area contributed by atoms with E-state index in [2.05, 4.69) is 30.4 Å². The molecule has 3 heteroatoms. The van der Waals surface area contributed by atoms with Crippen molar-refractivity contribution in [2.45, 2.75) is 12.8 Å². The molecule has 0 amide bonds. The van der Waals surface area contributed by atoms with E-state index in [0.717, 1.165) is 29.9 Å². The van der Waals surface area contributed by atoms with Crippen molar-refractivity contribution in [1.82, 2.24) is 0 Å². The maximum absolute atomic E-state index is 6.05. The molecule has 0 saturated carbocycles. The van der Waals surface area contributed by atoms with Gasteiger partial charge in [0, 0.05) is 5.69 Å². The zero-order chi connectivity index (χ0) is 13.9. The summed E-state index contributed by atoms with van der Waals surface area (Å²) in [6.45, 7) is 0. The lowest BCUT2D eigenvalue weighted by Crippen LogP contribution is -2.15. The van der Waals surface area contributed by atoms with Gasteiger partial charge in [-0.2, -0.15) is 0 Å². The molecule has 0 fully saturated rings. The number of nitrogens with two attached hydrogens (primary N) is 1. The van der Waals surface area contributed by atoms with Crippen molar-refractivity contribution in [1.29, 1.82) is 0 Å². The molecule has 100 valence electrons. The first kappa shape index (κ1) is 12.9. The standard InChI is InChI=1S/C17H16N2S/c18-16-7-3-4-8-17(16)19(12-20)15-10-9-13-5-1-2-6-14(13)11-15/h2-4,6-12H,1,5,18H2. The van der Waals surface area contributed by atoms with Crippen LogP contribution in [0.2, 0.25) is 0 Å². The van der Waals surface area contributed by atoms with Gasteiger partial charge in [-0.15, -0.1) is 0 Å². The number of anilines is 3. The van der Waals surface area contributed by atoms with Gasteiger partial charge in [0.05, 0.1) is 16.9 Å². The summed E-state index contributed by atoms with van der Waals surface area (Å²) in [5.74, 6) is 0. The Morgan fingerprint density at radius 3 is 2.80 bits per heavy atom. The second-order valence-corrected chi connectivity index (χ2v) is 5.07. The Morgan fingerprint density at radius 1 is 1.15 bits per heavy atom. The topological polar surface area (TPSA) is 29.3 Å². The first-order chi connectivity index (χ1) is 9.79. The van der Waals surface area contributed by atoms with Crippen molar-refractivity contribution < 1.29 is 0 Å². The number of rotatable bonds is 3.